The molecule has 3 aliphatic carbocycles. The van der Waals surface area contributed by atoms with Gasteiger partial charge in [0, 0.05) is 30.4 Å². The molecule has 0 radical (unpaired) electrons. The number of allylic oxidation sites excluding steroid dienone is 1. The molecule has 7 heteroatoms. The van der Waals surface area contributed by atoms with Gasteiger partial charge in [0.15, 0.2) is 0 Å². The standard InChI is InChI=1S/C31H43N5O2/c1-7-27(33-22-30-14-17-31(18-15-30,19-16-30)24(5)37)21-36(34-9-3)25(6)35-28(8-2)29(38)32-20-26-12-10-23(4)11-13-26/h7-13,33H,2,6,14-22H2,1,3-5H3,(H,32,38)/b27-7+,34-9-,35-28+. The molecule has 2 bridgehead atoms. The minimum Gasteiger partial charge on any atom is -0.387 e. The Morgan fingerprint density at radius 1 is 1.05 bits per heavy atom. The predicted octanol–water partition coefficient (Wildman–Crippen LogP) is 5.44. The Hall–Kier alpha value is -3.48. The maximum atomic E-state index is 12.8. The number of nitrogens with zero attached hydrogens (tertiary/aromatic N) is 3. The molecule has 2 N–H and O–H groups in total. The smallest absolute Gasteiger partial charge is 0.270 e. The summed E-state index contributed by atoms with van der Waals surface area (Å²) in [5.41, 5.74) is 3.55. The number of hydrogen-bond acceptors (Lipinski definition) is 6. The van der Waals surface area contributed by atoms with E-state index in [-0.39, 0.29) is 22.4 Å². The van der Waals surface area contributed by atoms with E-state index >= 15 is 0 Å². The zero-order valence-electron chi connectivity index (χ0n) is 23.5. The van der Waals surface area contributed by atoms with E-state index in [1.807, 2.05) is 51.1 Å². The number of Topliss-reactive ketones (excluding diaryl/α,β-unsaturated/α-hetero) is 1. The first-order valence-corrected chi connectivity index (χ1v) is 13.6. The van der Waals surface area contributed by atoms with Gasteiger partial charge in [0.1, 0.15) is 17.3 Å². The fourth-order valence-corrected chi connectivity index (χ4v) is 5.47. The molecule has 0 spiro atoms. The van der Waals surface area contributed by atoms with Crippen LogP contribution in [-0.2, 0) is 16.1 Å². The van der Waals surface area contributed by atoms with Crippen molar-refractivity contribution in [1.29, 1.82) is 0 Å². The highest BCUT2D eigenvalue weighted by Crippen LogP contribution is 2.56. The van der Waals surface area contributed by atoms with E-state index in [2.05, 4.69) is 33.9 Å². The van der Waals surface area contributed by atoms with Crippen LogP contribution in [0.3, 0.4) is 0 Å². The molecule has 3 fully saturated rings. The largest absolute Gasteiger partial charge is 0.387 e. The fraction of sp³-hybridized carbons (Fsp3) is 0.484. The van der Waals surface area contributed by atoms with Crippen LogP contribution in [-0.4, -0.2) is 41.7 Å². The number of carbonyl (C=O) groups excluding carboxylic acids is 2. The summed E-state index contributed by atoms with van der Waals surface area (Å²) in [6, 6.07) is 8.01. The van der Waals surface area contributed by atoms with Crippen molar-refractivity contribution in [2.75, 3.05) is 13.1 Å². The van der Waals surface area contributed by atoms with Crippen molar-refractivity contribution in [2.24, 2.45) is 20.9 Å². The summed E-state index contributed by atoms with van der Waals surface area (Å²) in [5.74, 6) is 0.397. The second kappa shape index (κ2) is 12.9. The van der Waals surface area contributed by atoms with Crippen LogP contribution in [0.4, 0.5) is 0 Å². The molecule has 38 heavy (non-hydrogen) atoms. The third kappa shape index (κ3) is 7.09. The second-order valence-corrected chi connectivity index (χ2v) is 10.7. The van der Waals surface area contributed by atoms with Gasteiger partial charge in [-0.25, -0.2) is 10.0 Å². The summed E-state index contributed by atoms with van der Waals surface area (Å²) in [5, 5.41) is 12.7. The summed E-state index contributed by atoms with van der Waals surface area (Å²) < 4.78 is 0. The maximum Gasteiger partial charge on any atom is 0.270 e. The second-order valence-electron chi connectivity index (χ2n) is 10.7. The minimum absolute atomic E-state index is 0.0666. The zero-order chi connectivity index (χ0) is 27.8. The van der Waals surface area contributed by atoms with Crippen molar-refractivity contribution >= 4 is 23.6 Å². The Kier molecular flexibility index (Phi) is 9.84. The molecule has 0 aliphatic heterocycles. The number of fused-ring (bicyclic) bond motifs is 3. The van der Waals surface area contributed by atoms with Crippen LogP contribution in [0.25, 0.3) is 0 Å². The highest BCUT2D eigenvalue weighted by Gasteiger charge is 2.50. The predicted molar refractivity (Wildman–Crippen MR) is 156 cm³/mol. The van der Waals surface area contributed by atoms with E-state index in [1.54, 1.807) is 18.1 Å². The fourth-order valence-electron chi connectivity index (χ4n) is 5.47. The van der Waals surface area contributed by atoms with E-state index in [1.165, 1.54) is 11.6 Å². The number of hydrogen-bond donors (Lipinski definition) is 2. The maximum absolute atomic E-state index is 12.8. The van der Waals surface area contributed by atoms with Crippen LogP contribution in [0.5, 0.6) is 0 Å². The average molecular weight is 518 g/mol. The first kappa shape index (κ1) is 29.1. The SMILES string of the molecule is C=C/C(=N\C(=C)N(C/C(=C\C)NCC12CCC(C(C)=O)(CC1)CC2)/N=C\C)C(=O)NCc1ccc(C)cc1. The van der Waals surface area contributed by atoms with Gasteiger partial charge in [-0.3, -0.25) is 9.59 Å². The van der Waals surface area contributed by atoms with Crippen molar-refractivity contribution in [2.45, 2.75) is 72.8 Å². The molecule has 1 aromatic rings. The number of aryl methyl sites for hydroxylation is 1. The van der Waals surface area contributed by atoms with Gasteiger partial charge in [-0.05, 0) is 83.3 Å². The Morgan fingerprint density at radius 2 is 1.68 bits per heavy atom. The van der Waals surface area contributed by atoms with Gasteiger partial charge in [-0.15, -0.1) is 0 Å². The van der Waals surface area contributed by atoms with Crippen LogP contribution < -0.4 is 10.6 Å². The number of carbonyl (C=O) groups is 2. The van der Waals surface area contributed by atoms with Crippen molar-refractivity contribution in [3.63, 3.8) is 0 Å². The number of rotatable bonds is 13. The van der Waals surface area contributed by atoms with E-state index in [4.69, 9.17) is 0 Å². The number of ketones is 1. The van der Waals surface area contributed by atoms with Gasteiger partial charge in [0.2, 0.25) is 0 Å². The monoisotopic (exact) mass is 517 g/mol. The Labute approximate surface area is 227 Å². The molecule has 7 nitrogen and oxygen atoms in total. The van der Waals surface area contributed by atoms with Crippen molar-refractivity contribution in [3.8, 4) is 0 Å². The molecule has 204 valence electrons. The van der Waals surface area contributed by atoms with E-state index < -0.39 is 0 Å². The molecule has 0 atom stereocenters. The van der Waals surface area contributed by atoms with Crippen LogP contribution >= 0.6 is 0 Å². The zero-order valence-corrected chi connectivity index (χ0v) is 23.5. The molecule has 0 unspecified atom stereocenters. The molecule has 3 saturated carbocycles. The molecule has 0 saturated heterocycles. The van der Waals surface area contributed by atoms with E-state index in [0.717, 1.165) is 56.3 Å². The third-order valence-electron chi connectivity index (χ3n) is 8.31. The molecule has 4 rings (SSSR count). The van der Waals surface area contributed by atoms with Crippen molar-refractivity contribution in [3.05, 3.63) is 72.2 Å². The lowest BCUT2D eigenvalue weighted by Crippen LogP contribution is -2.49. The molecule has 1 aromatic carbocycles. The quantitative estimate of drug-likeness (QED) is 0.269. The highest BCUT2D eigenvalue weighted by atomic mass is 16.2. The minimum atomic E-state index is -0.318. The van der Waals surface area contributed by atoms with E-state index in [9.17, 15) is 9.59 Å². The third-order valence-corrected chi connectivity index (χ3v) is 8.31. The summed E-state index contributed by atoms with van der Waals surface area (Å²) in [7, 11) is 0. The van der Waals surface area contributed by atoms with Crippen LogP contribution in [0.1, 0.15) is 70.4 Å². The Balaban J connectivity index is 1.59. The average Bonchev–Trinajstić information content (AvgIpc) is 2.93. The Bertz CT molecular complexity index is 1100. The van der Waals surface area contributed by atoms with Crippen LogP contribution in [0.2, 0.25) is 0 Å². The van der Waals surface area contributed by atoms with Gasteiger partial charge in [0.25, 0.3) is 5.91 Å². The van der Waals surface area contributed by atoms with Gasteiger partial charge in [0.05, 0.1) is 6.54 Å². The summed E-state index contributed by atoms with van der Waals surface area (Å²) >= 11 is 0. The van der Waals surface area contributed by atoms with Gasteiger partial charge >= 0.3 is 0 Å². The Morgan fingerprint density at radius 3 is 2.21 bits per heavy atom. The molecule has 0 heterocycles. The van der Waals surface area contributed by atoms with Crippen LogP contribution in [0, 0.1) is 17.8 Å². The number of aliphatic imine (C=N–C) groups is 1. The summed E-state index contributed by atoms with van der Waals surface area (Å²) in [6.45, 7) is 17.2. The normalized spacial score (nSPS) is 23.3. The molecule has 0 aromatic heterocycles. The molecule has 3 aliphatic rings. The van der Waals surface area contributed by atoms with E-state index in [0.29, 0.717) is 24.7 Å². The van der Waals surface area contributed by atoms with Gasteiger partial charge in [-0.2, -0.15) is 5.10 Å². The van der Waals surface area contributed by atoms with Crippen LogP contribution in [0.15, 0.2) is 71.2 Å². The highest BCUT2D eigenvalue weighted by molar-refractivity contribution is 6.43. The number of nitrogens with one attached hydrogen (secondary N) is 2. The first-order chi connectivity index (χ1) is 18.2. The summed E-state index contributed by atoms with van der Waals surface area (Å²) in [6.07, 6.45) is 11.4. The van der Waals surface area contributed by atoms with Gasteiger partial charge < -0.3 is 10.6 Å². The van der Waals surface area contributed by atoms with Crippen molar-refractivity contribution in [1.82, 2.24) is 15.6 Å². The lowest BCUT2D eigenvalue weighted by molar-refractivity contribution is -0.135. The molecular weight excluding hydrogens is 474 g/mol. The first-order valence-electron chi connectivity index (χ1n) is 13.6. The summed E-state index contributed by atoms with van der Waals surface area (Å²) in [4.78, 5) is 29.4. The number of hydrazone groups is 1. The lowest BCUT2D eigenvalue weighted by atomic mass is 9.52. The number of benzene rings is 1. The number of amides is 1. The topological polar surface area (TPSA) is 86.2 Å². The van der Waals surface area contributed by atoms with Gasteiger partial charge in [-0.1, -0.05) is 49.1 Å². The molecule has 1 amide bonds. The van der Waals surface area contributed by atoms with Crippen molar-refractivity contribution < 1.29 is 9.59 Å². The molecular formula is C31H43N5O2. The lowest BCUT2D eigenvalue weighted by Gasteiger charge is -2.52.